The Morgan fingerprint density at radius 1 is 1.11 bits per heavy atom. The number of amides is 1. The average molecular weight is 391 g/mol. The molecule has 0 unspecified atom stereocenters. The first-order chi connectivity index (χ1) is 13.4. The van der Waals surface area contributed by atoms with Gasteiger partial charge in [-0.3, -0.25) is 9.69 Å². The minimum atomic E-state index is -0.882. The van der Waals surface area contributed by atoms with Crippen molar-refractivity contribution < 1.29 is 18.3 Å². The first-order valence-corrected chi connectivity index (χ1v) is 9.57. The van der Waals surface area contributed by atoms with Crippen molar-refractivity contribution in [1.82, 2.24) is 14.8 Å². The summed E-state index contributed by atoms with van der Waals surface area (Å²) >= 11 is 0. The molecule has 0 bridgehead atoms. The molecule has 1 aliphatic rings. The topological polar surface area (TPSA) is 46.5 Å². The van der Waals surface area contributed by atoms with Crippen LogP contribution in [-0.4, -0.2) is 54.8 Å². The molecule has 1 aromatic carbocycles. The standard InChI is InChI=1S/C21H27F2N3O2/c1-14-15(2)20(21(27)24-6-7-25-8-10-28-11-9-25)26(16(14)3)13-17-4-5-18(22)19(23)12-17/h4-5,12H,6-11,13H2,1-3H3,(H,24,27). The minimum Gasteiger partial charge on any atom is -0.379 e. The smallest absolute Gasteiger partial charge is 0.268 e. The van der Waals surface area contributed by atoms with E-state index in [4.69, 9.17) is 4.74 Å². The van der Waals surface area contributed by atoms with Crippen LogP contribution in [0.1, 0.15) is 32.9 Å². The third-order valence-corrected chi connectivity index (χ3v) is 5.49. The number of benzene rings is 1. The van der Waals surface area contributed by atoms with Gasteiger partial charge in [-0.15, -0.1) is 0 Å². The average Bonchev–Trinajstić information content (AvgIpc) is 2.89. The van der Waals surface area contributed by atoms with E-state index in [2.05, 4.69) is 10.2 Å². The van der Waals surface area contributed by atoms with Crippen LogP contribution in [0.15, 0.2) is 18.2 Å². The molecule has 0 radical (unpaired) electrons. The van der Waals surface area contributed by atoms with Crippen LogP contribution in [-0.2, 0) is 11.3 Å². The van der Waals surface area contributed by atoms with E-state index in [-0.39, 0.29) is 5.91 Å². The lowest BCUT2D eigenvalue weighted by molar-refractivity contribution is 0.0383. The Hall–Kier alpha value is -2.25. The van der Waals surface area contributed by atoms with E-state index in [1.165, 1.54) is 6.07 Å². The van der Waals surface area contributed by atoms with Crippen LogP contribution in [0.4, 0.5) is 8.78 Å². The van der Waals surface area contributed by atoms with Crippen LogP contribution < -0.4 is 5.32 Å². The van der Waals surface area contributed by atoms with Gasteiger partial charge in [0, 0.05) is 38.4 Å². The highest BCUT2D eigenvalue weighted by Crippen LogP contribution is 2.23. The summed E-state index contributed by atoms with van der Waals surface area (Å²) in [4.78, 5) is 15.2. The number of aromatic nitrogens is 1. The first kappa shape index (κ1) is 20.5. The van der Waals surface area contributed by atoms with E-state index in [9.17, 15) is 13.6 Å². The summed E-state index contributed by atoms with van der Waals surface area (Å²) in [5.41, 5.74) is 4.06. The number of hydrogen-bond donors (Lipinski definition) is 1. The van der Waals surface area contributed by atoms with Crippen LogP contribution in [0.2, 0.25) is 0 Å². The number of halogens is 2. The molecule has 0 atom stereocenters. The van der Waals surface area contributed by atoms with Crippen LogP contribution in [0.5, 0.6) is 0 Å². The highest BCUT2D eigenvalue weighted by molar-refractivity contribution is 5.95. The van der Waals surface area contributed by atoms with Gasteiger partial charge in [0.15, 0.2) is 11.6 Å². The van der Waals surface area contributed by atoms with Gasteiger partial charge in [0.1, 0.15) is 5.69 Å². The lowest BCUT2D eigenvalue weighted by Crippen LogP contribution is -2.41. The first-order valence-electron chi connectivity index (χ1n) is 9.57. The molecule has 1 amide bonds. The third-order valence-electron chi connectivity index (χ3n) is 5.49. The summed E-state index contributed by atoms with van der Waals surface area (Å²) in [5.74, 6) is -1.90. The summed E-state index contributed by atoms with van der Waals surface area (Å²) in [7, 11) is 0. The van der Waals surface area contributed by atoms with Crippen molar-refractivity contribution in [1.29, 1.82) is 0 Å². The predicted octanol–water partition coefficient (Wildman–Crippen LogP) is 2.80. The quantitative estimate of drug-likeness (QED) is 0.824. The number of carbonyl (C=O) groups is 1. The molecular weight excluding hydrogens is 364 g/mol. The lowest BCUT2D eigenvalue weighted by atomic mass is 10.1. The van der Waals surface area contributed by atoms with E-state index in [1.54, 1.807) is 6.07 Å². The molecule has 152 valence electrons. The number of hydrogen-bond acceptors (Lipinski definition) is 3. The Balaban J connectivity index is 1.74. The molecule has 1 aromatic heterocycles. The Kier molecular flexibility index (Phi) is 6.46. The molecule has 28 heavy (non-hydrogen) atoms. The number of nitrogens with zero attached hydrogens (tertiary/aromatic N) is 2. The predicted molar refractivity (Wildman–Crippen MR) is 104 cm³/mol. The molecule has 1 saturated heterocycles. The van der Waals surface area contributed by atoms with Gasteiger partial charge in [0.05, 0.1) is 13.2 Å². The highest BCUT2D eigenvalue weighted by atomic mass is 19.2. The monoisotopic (exact) mass is 391 g/mol. The van der Waals surface area contributed by atoms with Crippen molar-refractivity contribution >= 4 is 5.91 Å². The molecule has 2 aromatic rings. The van der Waals surface area contributed by atoms with E-state index >= 15 is 0 Å². The zero-order valence-electron chi connectivity index (χ0n) is 16.6. The molecule has 3 rings (SSSR count). The molecule has 7 heteroatoms. The summed E-state index contributed by atoms with van der Waals surface area (Å²) in [5, 5.41) is 3.00. The van der Waals surface area contributed by atoms with Crippen LogP contribution in [0, 0.1) is 32.4 Å². The Morgan fingerprint density at radius 3 is 2.50 bits per heavy atom. The van der Waals surface area contributed by atoms with Gasteiger partial charge in [0.2, 0.25) is 0 Å². The van der Waals surface area contributed by atoms with E-state index < -0.39 is 11.6 Å². The van der Waals surface area contributed by atoms with Gasteiger partial charge >= 0.3 is 0 Å². The fraction of sp³-hybridized carbons (Fsp3) is 0.476. The molecule has 2 heterocycles. The Labute approximate surface area is 164 Å². The maximum Gasteiger partial charge on any atom is 0.268 e. The van der Waals surface area contributed by atoms with Crippen molar-refractivity contribution in [2.45, 2.75) is 27.3 Å². The number of morpholine rings is 1. The van der Waals surface area contributed by atoms with Gasteiger partial charge in [0.25, 0.3) is 5.91 Å². The second kappa shape index (κ2) is 8.84. The third kappa shape index (κ3) is 4.42. The number of nitrogens with one attached hydrogen (secondary N) is 1. The van der Waals surface area contributed by atoms with E-state index in [0.29, 0.717) is 24.3 Å². The van der Waals surface area contributed by atoms with Gasteiger partial charge in [-0.25, -0.2) is 8.78 Å². The second-order valence-corrected chi connectivity index (χ2v) is 7.23. The largest absolute Gasteiger partial charge is 0.379 e. The molecule has 0 spiro atoms. The maximum absolute atomic E-state index is 13.6. The van der Waals surface area contributed by atoms with Gasteiger partial charge in [-0.1, -0.05) is 6.07 Å². The fourth-order valence-corrected chi connectivity index (χ4v) is 3.57. The summed E-state index contributed by atoms with van der Waals surface area (Å²) in [6.45, 7) is 10.7. The van der Waals surface area contributed by atoms with Gasteiger partial charge in [-0.2, -0.15) is 0 Å². The SMILES string of the molecule is Cc1c(C)c(C(=O)NCCN2CCOCC2)n(Cc2ccc(F)c(F)c2)c1C. The van der Waals surface area contributed by atoms with Crippen LogP contribution >= 0.6 is 0 Å². The van der Waals surface area contributed by atoms with Gasteiger partial charge < -0.3 is 14.6 Å². The maximum atomic E-state index is 13.6. The molecule has 1 N–H and O–H groups in total. The van der Waals surface area contributed by atoms with Crippen LogP contribution in [0.3, 0.4) is 0 Å². The summed E-state index contributed by atoms with van der Waals surface area (Å²) in [6.07, 6.45) is 0. The van der Waals surface area contributed by atoms with Crippen molar-refractivity contribution in [3.8, 4) is 0 Å². The number of carbonyl (C=O) groups excluding carboxylic acids is 1. The summed E-state index contributed by atoms with van der Waals surface area (Å²) in [6, 6.07) is 3.84. The van der Waals surface area contributed by atoms with Crippen molar-refractivity contribution in [3.05, 3.63) is 57.9 Å². The number of rotatable bonds is 6. The molecule has 1 fully saturated rings. The second-order valence-electron chi connectivity index (χ2n) is 7.23. The van der Waals surface area contributed by atoms with Crippen molar-refractivity contribution in [2.75, 3.05) is 39.4 Å². The molecule has 5 nitrogen and oxygen atoms in total. The normalized spacial score (nSPS) is 15.0. The number of ether oxygens (including phenoxy) is 1. The minimum absolute atomic E-state index is 0.149. The zero-order valence-corrected chi connectivity index (χ0v) is 16.6. The molecular formula is C21H27F2N3O2. The van der Waals surface area contributed by atoms with Crippen molar-refractivity contribution in [3.63, 3.8) is 0 Å². The molecule has 0 saturated carbocycles. The van der Waals surface area contributed by atoms with E-state index in [0.717, 1.165) is 55.7 Å². The molecule has 0 aliphatic carbocycles. The van der Waals surface area contributed by atoms with Crippen LogP contribution in [0.25, 0.3) is 0 Å². The van der Waals surface area contributed by atoms with E-state index in [1.807, 2.05) is 25.3 Å². The van der Waals surface area contributed by atoms with Gasteiger partial charge in [-0.05, 0) is 49.6 Å². The zero-order chi connectivity index (χ0) is 20.3. The highest BCUT2D eigenvalue weighted by Gasteiger charge is 2.21. The fourth-order valence-electron chi connectivity index (χ4n) is 3.57. The molecule has 1 aliphatic heterocycles. The van der Waals surface area contributed by atoms with Crippen molar-refractivity contribution in [2.24, 2.45) is 0 Å². The Bertz CT molecular complexity index is 858. The lowest BCUT2D eigenvalue weighted by Gasteiger charge is -2.26. The Morgan fingerprint density at radius 2 is 1.82 bits per heavy atom. The summed E-state index contributed by atoms with van der Waals surface area (Å²) < 4.78 is 34.0.